The van der Waals surface area contributed by atoms with Crippen molar-refractivity contribution in [2.24, 2.45) is 0 Å². The Bertz CT molecular complexity index is 469. The average molecular weight is 279 g/mol. The third-order valence-electron chi connectivity index (χ3n) is 3.53. The van der Waals surface area contributed by atoms with Crippen molar-refractivity contribution in [2.45, 2.75) is 25.7 Å². The van der Waals surface area contributed by atoms with E-state index in [1.165, 1.54) is 7.11 Å². The highest BCUT2D eigenvalue weighted by atomic mass is 16.6. The third kappa shape index (κ3) is 2.78. The highest BCUT2D eigenvalue weighted by molar-refractivity contribution is 5.89. The van der Waals surface area contributed by atoms with Crippen LogP contribution in [0.3, 0.4) is 0 Å². The lowest BCUT2D eigenvalue weighted by Gasteiger charge is -2.46. The summed E-state index contributed by atoms with van der Waals surface area (Å²) in [6.45, 7) is 5.41. The molecule has 0 aromatic heterocycles. The number of nitrogens with zero attached hydrogens (tertiary/aromatic N) is 1. The molecule has 20 heavy (non-hydrogen) atoms. The van der Waals surface area contributed by atoms with Gasteiger partial charge in [0.15, 0.2) is 6.23 Å². The van der Waals surface area contributed by atoms with E-state index in [1.54, 1.807) is 19.2 Å². The van der Waals surface area contributed by atoms with Crippen LogP contribution >= 0.6 is 0 Å². The first-order valence-electron chi connectivity index (χ1n) is 6.61. The van der Waals surface area contributed by atoms with Gasteiger partial charge in [0.1, 0.15) is 5.60 Å². The van der Waals surface area contributed by atoms with Crippen LogP contribution in [0.4, 0.5) is 5.69 Å². The van der Waals surface area contributed by atoms with Crippen LogP contribution in [0.2, 0.25) is 0 Å². The molecule has 1 aromatic rings. The van der Waals surface area contributed by atoms with E-state index < -0.39 is 0 Å². The van der Waals surface area contributed by atoms with Crippen LogP contribution in [-0.2, 0) is 14.2 Å². The van der Waals surface area contributed by atoms with Gasteiger partial charge in [-0.2, -0.15) is 0 Å². The maximum atomic E-state index is 11.4. The fourth-order valence-corrected chi connectivity index (χ4v) is 2.55. The molecule has 110 valence electrons. The number of esters is 1. The molecule has 1 fully saturated rings. The van der Waals surface area contributed by atoms with Crippen LogP contribution in [0.15, 0.2) is 24.3 Å². The van der Waals surface area contributed by atoms with Crippen LogP contribution in [0, 0.1) is 0 Å². The third-order valence-corrected chi connectivity index (χ3v) is 3.53. The van der Waals surface area contributed by atoms with Crippen molar-refractivity contribution in [3.8, 4) is 0 Å². The van der Waals surface area contributed by atoms with Crippen molar-refractivity contribution >= 4 is 11.7 Å². The SMILES string of the molecule is COC(=O)c1ccc(N2CCOC(C)(C)C2OC)cc1. The van der Waals surface area contributed by atoms with Crippen molar-refractivity contribution in [1.82, 2.24) is 0 Å². The molecule has 0 N–H and O–H groups in total. The summed E-state index contributed by atoms with van der Waals surface area (Å²) >= 11 is 0. The molecule has 0 radical (unpaired) electrons. The Hall–Kier alpha value is -1.59. The van der Waals surface area contributed by atoms with Crippen LogP contribution in [-0.4, -0.2) is 45.2 Å². The van der Waals surface area contributed by atoms with E-state index in [4.69, 9.17) is 14.2 Å². The minimum Gasteiger partial charge on any atom is -0.465 e. The number of methoxy groups -OCH3 is 2. The Morgan fingerprint density at radius 1 is 1.30 bits per heavy atom. The van der Waals surface area contributed by atoms with Gasteiger partial charge < -0.3 is 19.1 Å². The lowest BCUT2D eigenvalue weighted by molar-refractivity contribution is -0.136. The summed E-state index contributed by atoms with van der Waals surface area (Å²) < 4.78 is 16.0. The van der Waals surface area contributed by atoms with Crippen LogP contribution < -0.4 is 4.90 Å². The summed E-state index contributed by atoms with van der Waals surface area (Å²) in [7, 11) is 3.05. The number of hydrogen-bond donors (Lipinski definition) is 0. The molecule has 0 bridgehead atoms. The quantitative estimate of drug-likeness (QED) is 0.793. The molecule has 5 nitrogen and oxygen atoms in total. The molecular weight excluding hydrogens is 258 g/mol. The summed E-state index contributed by atoms with van der Waals surface area (Å²) in [4.78, 5) is 13.6. The second-order valence-electron chi connectivity index (χ2n) is 5.27. The van der Waals surface area contributed by atoms with E-state index in [2.05, 4.69) is 4.90 Å². The van der Waals surface area contributed by atoms with Crippen molar-refractivity contribution in [3.05, 3.63) is 29.8 Å². The number of rotatable bonds is 3. The predicted octanol–water partition coefficient (Wildman–Crippen LogP) is 2.06. The molecule has 1 aliphatic heterocycles. The molecule has 2 rings (SSSR count). The molecule has 0 aliphatic carbocycles. The molecular formula is C15H21NO4. The van der Waals surface area contributed by atoms with Crippen molar-refractivity contribution < 1.29 is 19.0 Å². The Labute approximate surface area is 119 Å². The first-order valence-corrected chi connectivity index (χ1v) is 6.61. The fourth-order valence-electron chi connectivity index (χ4n) is 2.55. The first-order chi connectivity index (χ1) is 9.49. The Morgan fingerprint density at radius 2 is 1.95 bits per heavy atom. The van der Waals surface area contributed by atoms with Gasteiger partial charge in [-0.05, 0) is 38.1 Å². The zero-order valence-corrected chi connectivity index (χ0v) is 12.4. The number of carbonyl (C=O) groups is 1. The molecule has 1 aliphatic rings. The lowest BCUT2D eigenvalue weighted by Crippen LogP contribution is -2.58. The Morgan fingerprint density at radius 3 is 2.50 bits per heavy atom. The fraction of sp³-hybridized carbons (Fsp3) is 0.533. The van der Waals surface area contributed by atoms with Gasteiger partial charge in [-0.15, -0.1) is 0 Å². The number of ether oxygens (including phenoxy) is 3. The van der Waals surface area contributed by atoms with Gasteiger partial charge in [-0.25, -0.2) is 4.79 Å². The maximum absolute atomic E-state index is 11.4. The van der Waals surface area contributed by atoms with E-state index in [0.29, 0.717) is 12.2 Å². The smallest absolute Gasteiger partial charge is 0.337 e. The van der Waals surface area contributed by atoms with Crippen LogP contribution in [0.5, 0.6) is 0 Å². The summed E-state index contributed by atoms with van der Waals surface area (Å²) in [5.74, 6) is -0.331. The van der Waals surface area contributed by atoms with Crippen molar-refractivity contribution in [1.29, 1.82) is 0 Å². The lowest BCUT2D eigenvalue weighted by atomic mass is 10.0. The second kappa shape index (κ2) is 5.81. The predicted molar refractivity (Wildman–Crippen MR) is 76.0 cm³/mol. The van der Waals surface area contributed by atoms with E-state index in [9.17, 15) is 4.79 Å². The largest absolute Gasteiger partial charge is 0.465 e. The molecule has 1 aromatic carbocycles. The molecule has 0 amide bonds. The van der Waals surface area contributed by atoms with Gasteiger partial charge in [-0.3, -0.25) is 0 Å². The maximum Gasteiger partial charge on any atom is 0.337 e. The van der Waals surface area contributed by atoms with Gasteiger partial charge in [0, 0.05) is 19.3 Å². The average Bonchev–Trinajstić information content (AvgIpc) is 2.45. The molecule has 1 unspecified atom stereocenters. The number of carbonyl (C=O) groups excluding carboxylic acids is 1. The van der Waals surface area contributed by atoms with Gasteiger partial charge in [0.05, 0.1) is 19.3 Å². The van der Waals surface area contributed by atoms with Crippen molar-refractivity contribution in [2.75, 3.05) is 32.3 Å². The topological polar surface area (TPSA) is 48.0 Å². The van der Waals surface area contributed by atoms with Crippen molar-refractivity contribution in [3.63, 3.8) is 0 Å². The molecule has 0 spiro atoms. The monoisotopic (exact) mass is 279 g/mol. The molecule has 5 heteroatoms. The Balaban J connectivity index is 2.23. The first kappa shape index (κ1) is 14.8. The minimum absolute atomic E-state index is 0.166. The Kier molecular flexibility index (Phi) is 4.30. The molecule has 0 saturated carbocycles. The minimum atomic E-state index is -0.381. The molecule has 1 heterocycles. The van der Waals surface area contributed by atoms with E-state index in [1.807, 2.05) is 26.0 Å². The van der Waals surface area contributed by atoms with Crippen LogP contribution in [0.25, 0.3) is 0 Å². The van der Waals surface area contributed by atoms with Gasteiger partial charge in [0.2, 0.25) is 0 Å². The van der Waals surface area contributed by atoms with E-state index in [-0.39, 0.29) is 17.8 Å². The summed E-state index contributed by atoms with van der Waals surface area (Å²) in [6.07, 6.45) is -0.166. The standard InChI is InChI=1S/C15H21NO4/c1-15(2)14(19-4)16(9-10-20-15)12-7-5-11(6-8-12)13(17)18-3/h5-8,14H,9-10H2,1-4H3. The van der Waals surface area contributed by atoms with Gasteiger partial charge in [-0.1, -0.05) is 0 Å². The van der Waals surface area contributed by atoms with Gasteiger partial charge in [0.25, 0.3) is 0 Å². The number of benzene rings is 1. The second-order valence-corrected chi connectivity index (χ2v) is 5.27. The number of anilines is 1. The molecule has 1 saturated heterocycles. The zero-order valence-electron chi connectivity index (χ0n) is 12.4. The number of morpholine rings is 1. The summed E-state index contributed by atoms with van der Waals surface area (Å²) in [5, 5.41) is 0. The van der Waals surface area contributed by atoms with E-state index in [0.717, 1.165) is 12.2 Å². The highest BCUT2D eigenvalue weighted by Gasteiger charge is 2.39. The van der Waals surface area contributed by atoms with Gasteiger partial charge >= 0.3 is 5.97 Å². The zero-order chi connectivity index (χ0) is 14.8. The number of hydrogen-bond acceptors (Lipinski definition) is 5. The van der Waals surface area contributed by atoms with Crippen LogP contribution in [0.1, 0.15) is 24.2 Å². The highest BCUT2D eigenvalue weighted by Crippen LogP contribution is 2.30. The molecule has 1 atom stereocenters. The van der Waals surface area contributed by atoms with E-state index >= 15 is 0 Å². The normalized spacial score (nSPS) is 21.6. The summed E-state index contributed by atoms with van der Waals surface area (Å²) in [5.41, 5.74) is 1.16. The summed E-state index contributed by atoms with van der Waals surface area (Å²) in [6, 6.07) is 7.33.